The van der Waals surface area contributed by atoms with Crippen LogP contribution in [-0.4, -0.2) is 58.7 Å². The summed E-state index contributed by atoms with van der Waals surface area (Å²) in [4.78, 5) is 34.0. The first-order valence-corrected chi connectivity index (χ1v) is 15.9. The molecule has 0 saturated carbocycles. The SMILES string of the molecule is O=C([C@H](Cc1ccccc1)N(Cc1ccc(Br)cc1)C(=O)C=Cc1ccc(C(F)(F)F)cc1)N1CCN(Cc2ccccc2)CC1. The van der Waals surface area contributed by atoms with Crippen LogP contribution in [0.2, 0.25) is 0 Å². The van der Waals surface area contributed by atoms with E-state index in [0.717, 1.165) is 34.3 Å². The van der Waals surface area contributed by atoms with E-state index in [4.69, 9.17) is 0 Å². The number of alkyl halides is 3. The monoisotopic (exact) mass is 689 g/mol. The lowest BCUT2D eigenvalue weighted by Gasteiger charge is -2.39. The highest BCUT2D eigenvalue weighted by molar-refractivity contribution is 9.10. The standard InChI is InChI=1S/C37H35BrF3N3O2/c38-33-18-13-31(14-19-33)27-44(35(45)20-15-28-11-16-32(17-12-28)37(39,40)41)34(25-29-7-3-1-4-8-29)36(46)43-23-21-42(22-24-43)26-30-9-5-2-6-10-30/h1-20,34H,21-27H2/t34-/m0/s1. The van der Waals surface area contributed by atoms with Crippen molar-refractivity contribution >= 4 is 33.8 Å². The highest BCUT2D eigenvalue weighted by Gasteiger charge is 2.34. The molecule has 1 aliphatic rings. The van der Waals surface area contributed by atoms with Crippen molar-refractivity contribution in [3.63, 3.8) is 0 Å². The maximum absolute atomic E-state index is 14.3. The summed E-state index contributed by atoms with van der Waals surface area (Å²) in [6.07, 6.45) is -1.30. The van der Waals surface area contributed by atoms with Crippen LogP contribution in [0.4, 0.5) is 13.2 Å². The summed E-state index contributed by atoms with van der Waals surface area (Å²) in [5, 5.41) is 0. The minimum atomic E-state index is -4.45. The Morgan fingerprint density at radius 2 is 1.35 bits per heavy atom. The van der Waals surface area contributed by atoms with Crippen LogP contribution in [0.15, 0.2) is 120 Å². The van der Waals surface area contributed by atoms with Gasteiger partial charge in [0.15, 0.2) is 0 Å². The number of rotatable bonds is 10. The molecule has 238 valence electrons. The van der Waals surface area contributed by atoms with Crippen LogP contribution in [-0.2, 0) is 35.3 Å². The summed E-state index contributed by atoms with van der Waals surface area (Å²) >= 11 is 3.46. The molecule has 1 aliphatic heterocycles. The molecule has 1 saturated heterocycles. The third-order valence-electron chi connectivity index (χ3n) is 8.07. The van der Waals surface area contributed by atoms with Crippen molar-refractivity contribution in [2.24, 2.45) is 0 Å². The molecule has 9 heteroatoms. The molecule has 0 aromatic heterocycles. The zero-order valence-electron chi connectivity index (χ0n) is 25.2. The van der Waals surface area contributed by atoms with Crippen LogP contribution in [0.3, 0.4) is 0 Å². The summed E-state index contributed by atoms with van der Waals surface area (Å²) in [6.45, 7) is 3.50. The zero-order valence-corrected chi connectivity index (χ0v) is 26.8. The summed E-state index contributed by atoms with van der Waals surface area (Å²) < 4.78 is 40.1. The number of amides is 2. The van der Waals surface area contributed by atoms with Gasteiger partial charge in [0.1, 0.15) is 6.04 Å². The first kappa shape index (κ1) is 33.2. The van der Waals surface area contributed by atoms with Gasteiger partial charge in [0, 0.05) is 56.2 Å². The Kier molecular flexibility index (Phi) is 11.1. The fraction of sp³-hybridized carbons (Fsp3) is 0.243. The number of piperazine rings is 1. The zero-order chi connectivity index (χ0) is 32.5. The summed E-state index contributed by atoms with van der Waals surface area (Å²) in [5.41, 5.74) is 2.67. The molecule has 0 radical (unpaired) electrons. The lowest BCUT2D eigenvalue weighted by atomic mass is 10.0. The third-order valence-corrected chi connectivity index (χ3v) is 8.60. The summed E-state index contributed by atoms with van der Waals surface area (Å²) in [7, 11) is 0. The highest BCUT2D eigenvalue weighted by Crippen LogP contribution is 2.29. The van der Waals surface area contributed by atoms with Crippen molar-refractivity contribution in [2.75, 3.05) is 26.2 Å². The number of carbonyl (C=O) groups is 2. The lowest BCUT2D eigenvalue weighted by Crippen LogP contribution is -2.56. The number of hydrogen-bond acceptors (Lipinski definition) is 3. The Hall–Kier alpha value is -4.21. The Bertz CT molecular complexity index is 1600. The van der Waals surface area contributed by atoms with Crippen LogP contribution in [0, 0.1) is 0 Å². The molecule has 1 fully saturated rings. The number of hydrogen-bond donors (Lipinski definition) is 0. The summed E-state index contributed by atoms with van der Waals surface area (Å²) in [5.74, 6) is -0.531. The molecule has 1 atom stereocenters. The second kappa shape index (κ2) is 15.4. The molecule has 2 amide bonds. The van der Waals surface area contributed by atoms with Gasteiger partial charge >= 0.3 is 6.18 Å². The van der Waals surface area contributed by atoms with Gasteiger partial charge in [-0.25, -0.2) is 0 Å². The lowest BCUT2D eigenvalue weighted by molar-refractivity contribution is -0.145. The smallest absolute Gasteiger partial charge is 0.338 e. The van der Waals surface area contributed by atoms with Crippen molar-refractivity contribution in [1.82, 2.24) is 14.7 Å². The molecule has 5 nitrogen and oxygen atoms in total. The highest BCUT2D eigenvalue weighted by atomic mass is 79.9. The molecule has 0 bridgehead atoms. The molecule has 1 heterocycles. The third kappa shape index (κ3) is 9.17. The van der Waals surface area contributed by atoms with Crippen LogP contribution in [0.25, 0.3) is 6.08 Å². The molecule has 4 aromatic rings. The molecule has 4 aromatic carbocycles. The van der Waals surface area contributed by atoms with Crippen LogP contribution in [0.5, 0.6) is 0 Å². The number of benzene rings is 4. The molecule has 5 rings (SSSR count). The van der Waals surface area contributed by atoms with Gasteiger partial charge in [-0.05, 0) is 52.6 Å². The van der Waals surface area contributed by atoms with Crippen molar-refractivity contribution in [3.8, 4) is 0 Å². The maximum atomic E-state index is 14.3. The number of carbonyl (C=O) groups excluding carboxylic acids is 2. The molecule has 0 spiro atoms. The molecular formula is C37H35BrF3N3O2. The normalized spacial score (nSPS) is 14.7. The molecule has 0 aliphatic carbocycles. The van der Waals surface area contributed by atoms with Crippen molar-refractivity contribution in [3.05, 3.63) is 148 Å². The second-order valence-electron chi connectivity index (χ2n) is 11.3. The largest absolute Gasteiger partial charge is 0.416 e. The fourth-order valence-corrected chi connectivity index (χ4v) is 5.79. The van der Waals surface area contributed by atoms with Crippen LogP contribution >= 0.6 is 15.9 Å². The van der Waals surface area contributed by atoms with Crippen molar-refractivity contribution < 1.29 is 22.8 Å². The first-order valence-electron chi connectivity index (χ1n) is 15.1. The van der Waals surface area contributed by atoms with E-state index in [0.29, 0.717) is 38.2 Å². The molecule has 0 unspecified atom stereocenters. The van der Waals surface area contributed by atoms with E-state index >= 15 is 0 Å². The van der Waals surface area contributed by atoms with Crippen molar-refractivity contribution in [1.29, 1.82) is 0 Å². The van der Waals surface area contributed by atoms with Crippen molar-refractivity contribution in [2.45, 2.75) is 31.7 Å². The average Bonchev–Trinajstić information content (AvgIpc) is 3.07. The topological polar surface area (TPSA) is 43.9 Å². The second-order valence-corrected chi connectivity index (χ2v) is 12.3. The number of nitrogens with zero attached hydrogens (tertiary/aromatic N) is 3. The van der Waals surface area contributed by atoms with E-state index in [2.05, 4.69) is 33.0 Å². The van der Waals surface area contributed by atoms with Gasteiger partial charge in [-0.2, -0.15) is 13.2 Å². The maximum Gasteiger partial charge on any atom is 0.416 e. The predicted molar refractivity (Wildman–Crippen MR) is 177 cm³/mol. The van der Waals surface area contributed by atoms with Gasteiger partial charge < -0.3 is 9.80 Å². The van der Waals surface area contributed by atoms with Gasteiger partial charge in [-0.3, -0.25) is 14.5 Å². The summed E-state index contributed by atoms with van der Waals surface area (Å²) in [6, 6.07) is 31.2. The first-order chi connectivity index (χ1) is 22.2. The van der Waals surface area contributed by atoms with E-state index in [-0.39, 0.29) is 12.5 Å². The van der Waals surface area contributed by atoms with Crippen LogP contribution < -0.4 is 0 Å². The van der Waals surface area contributed by atoms with E-state index in [1.54, 1.807) is 4.90 Å². The minimum Gasteiger partial charge on any atom is -0.338 e. The van der Waals surface area contributed by atoms with Gasteiger partial charge in [-0.15, -0.1) is 0 Å². The Morgan fingerprint density at radius 1 is 0.761 bits per heavy atom. The van der Waals surface area contributed by atoms with Gasteiger partial charge in [-0.1, -0.05) is 101 Å². The van der Waals surface area contributed by atoms with Gasteiger partial charge in [0.2, 0.25) is 11.8 Å². The quantitative estimate of drug-likeness (QED) is 0.162. The van der Waals surface area contributed by atoms with E-state index < -0.39 is 23.7 Å². The molecule has 0 N–H and O–H groups in total. The number of halogens is 4. The Morgan fingerprint density at radius 3 is 1.93 bits per heavy atom. The van der Waals surface area contributed by atoms with E-state index in [1.165, 1.54) is 29.8 Å². The Labute approximate surface area is 276 Å². The fourth-order valence-electron chi connectivity index (χ4n) is 5.52. The Balaban J connectivity index is 1.40. The minimum absolute atomic E-state index is 0.128. The van der Waals surface area contributed by atoms with Crippen LogP contribution in [0.1, 0.15) is 27.8 Å². The predicted octanol–water partition coefficient (Wildman–Crippen LogP) is 7.47. The molecular weight excluding hydrogens is 655 g/mol. The van der Waals surface area contributed by atoms with E-state index in [9.17, 15) is 22.8 Å². The average molecular weight is 691 g/mol. The van der Waals surface area contributed by atoms with E-state index in [1.807, 2.05) is 77.7 Å². The van der Waals surface area contributed by atoms with Gasteiger partial charge in [0.05, 0.1) is 5.56 Å². The van der Waals surface area contributed by atoms with Gasteiger partial charge in [0.25, 0.3) is 0 Å². The molecule has 46 heavy (non-hydrogen) atoms.